The molecule has 3 N–H and O–H groups in total. The van der Waals surface area contributed by atoms with E-state index in [2.05, 4.69) is 5.32 Å². The Balaban J connectivity index is 2.00. The van der Waals surface area contributed by atoms with Gasteiger partial charge in [0.25, 0.3) is 0 Å². The number of Topliss-reactive ketones (excluding diaryl/α,β-unsaturated/α-hetero) is 1. The van der Waals surface area contributed by atoms with Crippen molar-refractivity contribution in [3.05, 3.63) is 35.4 Å². The molecule has 1 saturated heterocycles. The number of carbonyl (C=O) groups excluding carboxylic acids is 2. The summed E-state index contributed by atoms with van der Waals surface area (Å²) in [6.45, 7) is 2.18. The third-order valence-electron chi connectivity index (χ3n) is 4.08. The Hall–Kier alpha value is -2.09. The first-order chi connectivity index (χ1) is 11.3. The number of hydrogen-bond donors (Lipinski definition) is 2. The molecule has 8 heteroatoms. The molecule has 1 atom stereocenters. The number of piperidine rings is 1. The molecule has 0 saturated carbocycles. The second-order valence-electron chi connectivity index (χ2n) is 5.87. The maximum atomic E-state index is 12.8. The fourth-order valence-corrected chi connectivity index (χ4v) is 2.89. The summed E-state index contributed by atoms with van der Waals surface area (Å²) in [5.74, 6) is -0.607. The molecule has 1 fully saturated rings. The summed E-state index contributed by atoms with van der Waals surface area (Å²) in [5.41, 5.74) is 4.27. The number of nitrogens with zero attached hydrogens (tertiary/aromatic N) is 1. The van der Waals surface area contributed by atoms with Gasteiger partial charge in [0.05, 0.1) is 5.56 Å². The van der Waals surface area contributed by atoms with Gasteiger partial charge in [0, 0.05) is 31.1 Å². The van der Waals surface area contributed by atoms with Crippen molar-refractivity contribution < 1.29 is 22.8 Å². The van der Waals surface area contributed by atoms with Gasteiger partial charge in [-0.05, 0) is 31.5 Å². The van der Waals surface area contributed by atoms with Crippen LogP contribution in [0.5, 0.6) is 0 Å². The summed E-state index contributed by atoms with van der Waals surface area (Å²) in [7, 11) is 0. The summed E-state index contributed by atoms with van der Waals surface area (Å²) in [6, 6.07) is 3.94. The minimum atomic E-state index is -4.46. The predicted molar refractivity (Wildman–Crippen MR) is 82.5 cm³/mol. The maximum absolute atomic E-state index is 12.8. The maximum Gasteiger partial charge on any atom is 0.416 e. The van der Waals surface area contributed by atoms with E-state index in [0.29, 0.717) is 26.1 Å². The van der Waals surface area contributed by atoms with E-state index in [1.807, 2.05) is 4.90 Å². The number of halogens is 3. The fraction of sp³-hybridized carbons (Fsp3) is 0.500. The molecule has 0 spiro atoms. The van der Waals surface area contributed by atoms with Crippen molar-refractivity contribution in [2.24, 2.45) is 11.7 Å². The lowest BCUT2D eigenvalue weighted by Crippen LogP contribution is -2.43. The van der Waals surface area contributed by atoms with Crippen LogP contribution in [-0.2, 0) is 6.18 Å². The van der Waals surface area contributed by atoms with E-state index in [1.54, 1.807) is 0 Å². The number of nitrogens with two attached hydrogens (primary N) is 1. The SMILES string of the molecule is NC(=O)NCCN1CCC[C@@H](C(=O)c2cccc(C(F)(F)F)c2)C1. The van der Waals surface area contributed by atoms with Crippen LogP contribution in [0.3, 0.4) is 0 Å². The summed E-state index contributed by atoms with van der Waals surface area (Å²) in [4.78, 5) is 25.2. The van der Waals surface area contributed by atoms with Crippen LogP contribution in [0, 0.1) is 5.92 Å². The molecule has 1 aromatic rings. The van der Waals surface area contributed by atoms with E-state index in [9.17, 15) is 22.8 Å². The van der Waals surface area contributed by atoms with Gasteiger partial charge in [-0.15, -0.1) is 0 Å². The average molecular weight is 343 g/mol. The van der Waals surface area contributed by atoms with Gasteiger partial charge in [0.1, 0.15) is 0 Å². The number of hydrogen-bond acceptors (Lipinski definition) is 3. The van der Waals surface area contributed by atoms with Crippen molar-refractivity contribution in [1.82, 2.24) is 10.2 Å². The number of rotatable bonds is 5. The number of urea groups is 1. The summed E-state index contributed by atoms with van der Waals surface area (Å²) < 4.78 is 38.3. The van der Waals surface area contributed by atoms with Crippen molar-refractivity contribution in [3.8, 4) is 0 Å². The van der Waals surface area contributed by atoms with E-state index >= 15 is 0 Å². The number of likely N-dealkylation sites (tertiary alicyclic amines) is 1. The number of benzene rings is 1. The highest BCUT2D eigenvalue weighted by Gasteiger charge is 2.32. The summed E-state index contributed by atoms with van der Waals surface area (Å²) >= 11 is 0. The molecule has 1 aromatic carbocycles. The second-order valence-corrected chi connectivity index (χ2v) is 5.87. The first-order valence-corrected chi connectivity index (χ1v) is 7.74. The zero-order valence-corrected chi connectivity index (χ0v) is 13.1. The number of primary amides is 1. The molecule has 2 rings (SSSR count). The van der Waals surface area contributed by atoms with Gasteiger partial charge in [-0.3, -0.25) is 4.79 Å². The minimum Gasteiger partial charge on any atom is -0.352 e. The predicted octanol–water partition coefficient (Wildman–Crippen LogP) is 2.27. The number of ketones is 1. The van der Waals surface area contributed by atoms with Gasteiger partial charge >= 0.3 is 12.2 Å². The first kappa shape index (κ1) is 18.3. The van der Waals surface area contributed by atoms with E-state index in [1.165, 1.54) is 12.1 Å². The van der Waals surface area contributed by atoms with E-state index in [0.717, 1.165) is 25.1 Å². The third kappa shape index (κ3) is 4.95. The number of nitrogens with one attached hydrogen (secondary N) is 1. The van der Waals surface area contributed by atoms with E-state index in [4.69, 9.17) is 5.73 Å². The van der Waals surface area contributed by atoms with Gasteiger partial charge in [-0.25, -0.2) is 4.79 Å². The van der Waals surface area contributed by atoms with Crippen molar-refractivity contribution >= 4 is 11.8 Å². The van der Waals surface area contributed by atoms with Gasteiger partial charge in [-0.2, -0.15) is 13.2 Å². The molecular formula is C16H20F3N3O2. The molecule has 0 bridgehead atoms. The van der Waals surface area contributed by atoms with E-state index < -0.39 is 17.8 Å². The normalized spacial score (nSPS) is 19.0. The Morgan fingerprint density at radius 3 is 2.75 bits per heavy atom. The largest absolute Gasteiger partial charge is 0.416 e. The molecule has 0 aliphatic carbocycles. The first-order valence-electron chi connectivity index (χ1n) is 7.74. The van der Waals surface area contributed by atoms with Crippen LogP contribution in [0.1, 0.15) is 28.8 Å². The van der Waals surface area contributed by atoms with Crippen LogP contribution in [0.4, 0.5) is 18.0 Å². The van der Waals surface area contributed by atoms with Crippen molar-refractivity contribution in [2.75, 3.05) is 26.2 Å². The van der Waals surface area contributed by atoms with Gasteiger partial charge in [-0.1, -0.05) is 12.1 Å². The number of alkyl halides is 3. The zero-order chi connectivity index (χ0) is 17.7. The van der Waals surface area contributed by atoms with Gasteiger partial charge in [0.15, 0.2) is 5.78 Å². The quantitative estimate of drug-likeness (QED) is 0.806. The standard InChI is InChI=1S/C16H20F3N3O2/c17-16(18,19)13-5-1-3-11(9-13)14(23)12-4-2-7-22(10-12)8-6-21-15(20)24/h1,3,5,9,12H,2,4,6-8,10H2,(H3,20,21,24)/t12-/m1/s1. The molecular weight excluding hydrogens is 323 g/mol. The molecule has 1 heterocycles. The molecule has 0 aromatic heterocycles. The lowest BCUT2D eigenvalue weighted by molar-refractivity contribution is -0.137. The van der Waals surface area contributed by atoms with Crippen molar-refractivity contribution in [2.45, 2.75) is 19.0 Å². The topological polar surface area (TPSA) is 75.4 Å². The molecule has 132 valence electrons. The molecule has 1 aliphatic rings. The highest BCUT2D eigenvalue weighted by molar-refractivity contribution is 5.98. The Bertz CT molecular complexity index is 604. The summed E-state index contributed by atoms with van der Waals surface area (Å²) in [6.07, 6.45) is -3.03. The highest BCUT2D eigenvalue weighted by atomic mass is 19.4. The van der Waals surface area contributed by atoms with Gasteiger partial charge < -0.3 is 16.0 Å². The molecule has 2 amide bonds. The monoisotopic (exact) mass is 343 g/mol. The highest BCUT2D eigenvalue weighted by Crippen LogP contribution is 2.30. The Labute approximate surface area is 138 Å². The smallest absolute Gasteiger partial charge is 0.352 e. The minimum absolute atomic E-state index is 0.0898. The summed E-state index contributed by atoms with van der Waals surface area (Å²) in [5, 5.41) is 2.48. The Kier molecular flexibility index (Phi) is 5.82. The van der Waals surface area contributed by atoms with Crippen LogP contribution in [0.15, 0.2) is 24.3 Å². The Morgan fingerprint density at radius 1 is 1.33 bits per heavy atom. The molecule has 1 aliphatic heterocycles. The molecule has 5 nitrogen and oxygen atoms in total. The molecule has 0 radical (unpaired) electrons. The van der Waals surface area contributed by atoms with E-state index in [-0.39, 0.29) is 17.3 Å². The molecule has 24 heavy (non-hydrogen) atoms. The van der Waals surface area contributed by atoms with Crippen LogP contribution in [-0.4, -0.2) is 42.9 Å². The van der Waals surface area contributed by atoms with Crippen molar-refractivity contribution in [3.63, 3.8) is 0 Å². The average Bonchev–Trinajstić information content (AvgIpc) is 2.53. The van der Waals surface area contributed by atoms with Crippen molar-refractivity contribution in [1.29, 1.82) is 0 Å². The lowest BCUT2D eigenvalue weighted by Gasteiger charge is -2.32. The third-order valence-corrected chi connectivity index (χ3v) is 4.08. The number of carbonyl (C=O) groups is 2. The zero-order valence-electron chi connectivity index (χ0n) is 13.1. The second kappa shape index (κ2) is 7.65. The van der Waals surface area contributed by atoms with Crippen LogP contribution in [0.25, 0.3) is 0 Å². The lowest BCUT2D eigenvalue weighted by atomic mass is 9.89. The van der Waals surface area contributed by atoms with Crippen LogP contribution >= 0.6 is 0 Å². The Morgan fingerprint density at radius 2 is 2.08 bits per heavy atom. The fourth-order valence-electron chi connectivity index (χ4n) is 2.89. The molecule has 0 unspecified atom stereocenters. The van der Waals surface area contributed by atoms with Crippen LogP contribution < -0.4 is 11.1 Å². The van der Waals surface area contributed by atoms with Gasteiger partial charge in [0.2, 0.25) is 0 Å². The van der Waals surface area contributed by atoms with Crippen LogP contribution in [0.2, 0.25) is 0 Å². The number of amides is 2.